The van der Waals surface area contributed by atoms with Crippen molar-refractivity contribution in [2.75, 3.05) is 73.7 Å². The minimum Gasteiger partial charge on any atom is -0.385 e. The van der Waals surface area contributed by atoms with Crippen LogP contribution in [0.5, 0.6) is 0 Å². The van der Waals surface area contributed by atoms with Gasteiger partial charge in [-0.3, -0.25) is 9.89 Å². The second-order valence-corrected chi connectivity index (χ2v) is 7.16. The van der Waals surface area contributed by atoms with Gasteiger partial charge in [-0.1, -0.05) is 24.3 Å². The lowest BCUT2D eigenvalue weighted by Crippen LogP contribution is -2.41. The van der Waals surface area contributed by atoms with Crippen molar-refractivity contribution >= 4 is 5.96 Å². The number of nitrogens with zero attached hydrogens (tertiary/aromatic N) is 3. The average molecular weight is 392 g/mol. The molecule has 1 heterocycles. The monoisotopic (exact) mass is 391 g/mol. The van der Waals surface area contributed by atoms with Crippen LogP contribution in [0.25, 0.3) is 0 Å². The van der Waals surface area contributed by atoms with Crippen molar-refractivity contribution in [2.24, 2.45) is 4.99 Å². The van der Waals surface area contributed by atoms with E-state index in [-0.39, 0.29) is 0 Å². The van der Waals surface area contributed by atoms with Crippen molar-refractivity contribution in [1.29, 1.82) is 0 Å². The SMILES string of the molecule is CN=C(NCCN(C)CCCOC)NCc1ccccc1CN1CCOCC1. The predicted octanol–water partition coefficient (Wildman–Crippen LogP) is 1.15. The minimum absolute atomic E-state index is 0.768. The maximum absolute atomic E-state index is 5.46. The van der Waals surface area contributed by atoms with Crippen LogP contribution in [0, 0.1) is 0 Å². The van der Waals surface area contributed by atoms with Crippen LogP contribution in [0.2, 0.25) is 0 Å². The summed E-state index contributed by atoms with van der Waals surface area (Å²) in [5, 5.41) is 6.85. The van der Waals surface area contributed by atoms with Gasteiger partial charge in [-0.15, -0.1) is 0 Å². The summed E-state index contributed by atoms with van der Waals surface area (Å²) in [6.07, 6.45) is 1.06. The molecule has 0 atom stereocenters. The highest BCUT2D eigenvalue weighted by Gasteiger charge is 2.12. The van der Waals surface area contributed by atoms with Gasteiger partial charge in [0.2, 0.25) is 0 Å². The first-order valence-electron chi connectivity index (χ1n) is 10.2. The molecule has 1 saturated heterocycles. The standard InChI is InChI=1S/C21H37N5O2/c1-22-21(23-9-11-25(2)10-6-14-27-3)24-17-19-7-4-5-8-20(19)18-26-12-15-28-16-13-26/h4-5,7-8H,6,9-18H2,1-3H3,(H2,22,23,24). The Balaban J connectivity index is 1.75. The van der Waals surface area contributed by atoms with Gasteiger partial charge in [0.15, 0.2) is 5.96 Å². The molecule has 0 amide bonds. The van der Waals surface area contributed by atoms with Gasteiger partial charge in [0.1, 0.15) is 0 Å². The van der Waals surface area contributed by atoms with Gasteiger partial charge < -0.3 is 25.0 Å². The zero-order valence-corrected chi connectivity index (χ0v) is 17.7. The first-order valence-corrected chi connectivity index (χ1v) is 10.2. The summed E-state index contributed by atoms with van der Waals surface area (Å²) in [6.45, 7) is 9.08. The van der Waals surface area contributed by atoms with Crippen molar-refractivity contribution in [3.63, 3.8) is 0 Å². The van der Waals surface area contributed by atoms with E-state index in [2.05, 4.69) is 56.7 Å². The van der Waals surface area contributed by atoms with Gasteiger partial charge >= 0.3 is 0 Å². The van der Waals surface area contributed by atoms with Gasteiger partial charge in [0.25, 0.3) is 0 Å². The molecule has 1 aliphatic rings. The largest absolute Gasteiger partial charge is 0.385 e. The molecule has 7 heteroatoms. The lowest BCUT2D eigenvalue weighted by molar-refractivity contribution is 0.0341. The lowest BCUT2D eigenvalue weighted by Gasteiger charge is -2.27. The molecular weight excluding hydrogens is 354 g/mol. The van der Waals surface area contributed by atoms with E-state index in [9.17, 15) is 0 Å². The van der Waals surface area contributed by atoms with Crippen LogP contribution in [0.1, 0.15) is 17.5 Å². The maximum Gasteiger partial charge on any atom is 0.191 e. The molecule has 2 rings (SSSR count). The average Bonchev–Trinajstić information content (AvgIpc) is 2.72. The highest BCUT2D eigenvalue weighted by Crippen LogP contribution is 2.12. The summed E-state index contributed by atoms with van der Waals surface area (Å²) >= 11 is 0. The lowest BCUT2D eigenvalue weighted by atomic mass is 10.1. The molecule has 0 aromatic heterocycles. The summed E-state index contributed by atoms with van der Waals surface area (Å²) in [6, 6.07) is 8.63. The Morgan fingerprint density at radius 2 is 1.93 bits per heavy atom. The molecule has 7 nitrogen and oxygen atoms in total. The minimum atomic E-state index is 0.768. The van der Waals surface area contributed by atoms with E-state index in [1.54, 1.807) is 7.11 Å². The quantitative estimate of drug-likeness (QED) is 0.335. The normalized spacial score (nSPS) is 15.8. The number of morpholine rings is 1. The van der Waals surface area contributed by atoms with Crippen LogP contribution in [-0.2, 0) is 22.6 Å². The Bertz CT molecular complexity index is 576. The van der Waals surface area contributed by atoms with Gasteiger partial charge in [0, 0.05) is 66.6 Å². The number of aliphatic imine (C=N–C) groups is 1. The number of nitrogens with one attached hydrogen (secondary N) is 2. The van der Waals surface area contributed by atoms with Gasteiger partial charge in [-0.05, 0) is 24.6 Å². The van der Waals surface area contributed by atoms with Crippen molar-refractivity contribution in [1.82, 2.24) is 20.4 Å². The Kier molecular flexibility index (Phi) is 10.9. The number of likely N-dealkylation sites (N-methyl/N-ethyl adjacent to an activating group) is 1. The maximum atomic E-state index is 5.46. The molecule has 1 aromatic rings. The summed E-state index contributed by atoms with van der Waals surface area (Å²) in [4.78, 5) is 9.11. The topological polar surface area (TPSA) is 61.4 Å². The van der Waals surface area contributed by atoms with E-state index < -0.39 is 0 Å². The molecule has 0 radical (unpaired) electrons. The molecule has 158 valence electrons. The molecule has 1 aromatic carbocycles. The highest BCUT2D eigenvalue weighted by molar-refractivity contribution is 5.79. The van der Waals surface area contributed by atoms with Crippen molar-refractivity contribution < 1.29 is 9.47 Å². The first-order chi connectivity index (χ1) is 13.7. The fraction of sp³-hybridized carbons (Fsp3) is 0.667. The second kappa shape index (κ2) is 13.5. The number of hydrogen-bond acceptors (Lipinski definition) is 5. The van der Waals surface area contributed by atoms with Crippen molar-refractivity contribution in [2.45, 2.75) is 19.5 Å². The van der Waals surface area contributed by atoms with E-state index in [4.69, 9.17) is 9.47 Å². The molecule has 0 unspecified atom stereocenters. The van der Waals surface area contributed by atoms with Crippen LogP contribution >= 0.6 is 0 Å². The fourth-order valence-corrected chi connectivity index (χ4v) is 3.24. The number of methoxy groups -OCH3 is 1. The fourth-order valence-electron chi connectivity index (χ4n) is 3.24. The number of hydrogen-bond donors (Lipinski definition) is 2. The second-order valence-electron chi connectivity index (χ2n) is 7.16. The zero-order chi connectivity index (χ0) is 20.0. The zero-order valence-electron chi connectivity index (χ0n) is 17.7. The molecule has 28 heavy (non-hydrogen) atoms. The van der Waals surface area contributed by atoms with Gasteiger partial charge in [-0.2, -0.15) is 0 Å². The van der Waals surface area contributed by atoms with Crippen molar-refractivity contribution in [3.8, 4) is 0 Å². The number of benzene rings is 1. The Labute approximate surface area is 170 Å². The Hall–Kier alpha value is -1.67. The highest BCUT2D eigenvalue weighted by atomic mass is 16.5. The summed E-state index contributed by atoms with van der Waals surface area (Å²) < 4.78 is 10.6. The molecule has 1 aliphatic heterocycles. The van der Waals surface area contributed by atoms with E-state index in [1.807, 2.05) is 7.05 Å². The third kappa shape index (κ3) is 8.56. The van der Waals surface area contributed by atoms with Crippen LogP contribution < -0.4 is 10.6 Å². The number of rotatable bonds is 11. The van der Waals surface area contributed by atoms with Crippen molar-refractivity contribution in [3.05, 3.63) is 35.4 Å². The van der Waals surface area contributed by atoms with Gasteiger partial charge in [-0.25, -0.2) is 0 Å². The Morgan fingerprint density at radius 3 is 2.64 bits per heavy atom. The van der Waals surface area contributed by atoms with Gasteiger partial charge in [0.05, 0.1) is 13.2 Å². The summed E-state index contributed by atoms with van der Waals surface area (Å²) in [7, 11) is 5.70. The summed E-state index contributed by atoms with van der Waals surface area (Å²) in [5.74, 6) is 0.839. The molecule has 1 fully saturated rings. The third-order valence-corrected chi connectivity index (χ3v) is 4.96. The predicted molar refractivity (Wildman–Crippen MR) is 115 cm³/mol. The number of ether oxygens (including phenoxy) is 2. The van der Waals surface area contributed by atoms with Crippen LogP contribution in [0.15, 0.2) is 29.3 Å². The smallest absolute Gasteiger partial charge is 0.191 e. The van der Waals surface area contributed by atoms with E-state index in [0.29, 0.717) is 0 Å². The van der Waals surface area contributed by atoms with E-state index in [0.717, 1.165) is 78.0 Å². The summed E-state index contributed by atoms with van der Waals surface area (Å²) in [5.41, 5.74) is 2.68. The van der Waals surface area contributed by atoms with E-state index in [1.165, 1.54) is 11.1 Å². The van der Waals surface area contributed by atoms with Crippen LogP contribution in [-0.4, -0.2) is 89.5 Å². The van der Waals surface area contributed by atoms with E-state index >= 15 is 0 Å². The molecular formula is C21H37N5O2. The molecule has 0 aliphatic carbocycles. The third-order valence-electron chi connectivity index (χ3n) is 4.96. The molecule has 0 bridgehead atoms. The van der Waals surface area contributed by atoms with Crippen LogP contribution in [0.3, 0.4) is 0 Å². The molecule has 0 saturated carbocycles. The first kappa shape index (κ1) is 22.6. The molecule has 2 N–H and O–H groups in total. The Morgan fingerprint density at radius 1 is 1.18 bits per heavy atom. The molecule has 0 spiro atoms. The van der Waals surface area contributed by atoms with Crippen LogP contribution in [0.4, 0.5) is 0 Å². The number of guanidine groups is 1.